The molecule has 2 aliphatic heterocycles. The molecule has 3 amide bonds. The van der Waals surface area contributed by atoms with Crippen molar-refractivity contribution < 1.29 is 19.1 Å². The van der Waals surface area contributed by atoms with Gasteiger partial charge in [0.2, 0.25) is 5.91 Å². The van der Waals surface area contributed by atoms with Crippen molar-refractivity contribution in [2.45, 2.75) is 64.5 Å². The molecule has 2 aromatic rings. The molecular weight excluding hydrogens is 430 g/mol. The summed E-state index contributed by atoms with van der Waals surface area (Å²) < 4.78 is 5.67. The van der Waals surface area contributed by atoms with E-state index in [0.29, 0.717) is 30.8 Å². The third-order valence-electron chi connectivity index (χ3n) is 6.96. The van der Waals surface area contributed by atoms with Crippen LogP contribution in [0.4, 0.5) is 5.69 Å². The van der Waals surface area contributed by atoms with Crippen LogP contribution in [0.1, 0.15) is 67.9 Å². The van der Waals surface area contributed by atoms with E-state index in [1.54, 1.807) is 17.0 Å². The van der Waals surface area contributed by atoms with E-state index in [2.05, 4.69) is 43.5 Å². The van der Waals surface area contributed by atoms with Crippen molar-refractivity contribution in [3.8, 4) is 5.75 Å². The largest absolute Gasteiger partial charge is 0.482 e. The number of amides is 3. The Balaban J connectivity index is 1.49. The van der Waals surface area contributed by atoms with Crippen LogP contribution in [0.3, 0.4) is 0 Å². The Morgan fingerprint density at radius 2 is 1.91 bits per heavy atom. The van der Waals surface area contributed by atoms with Crippen LogP contribution < -0.4 is 20.3 Å². The second kappa shape index (κ2) is 9.87. The lowest BCUT2D eigenvalue weighted by Crippen LogP contribution is -2.45. The molecule has 7 nitrogen and oxygen atoms in total. The van der Waals surface area contributed by atoms with Gasteiger partial charge in [0.25, 0.3) is 11.8 Å². The number of carbonyl (C=O) groups excluding carboxylic acids is 3. The first-order chi connectivity index (χ1) is 16.3. The lowest BCUT2D eigenvalue weighted by atomic mass is 9.82. The number of rotatable bonds is 6. The number of nitrogens with one attached hydrogen (secondary N) is 2. The maximum atomic E-state index is 12.7. The third-order valence-corrected chi connectivity index (χ3v) is 6.96. The molecular formula is C27H33N3O4. The van der Waals surface area contributed by atoms with Crippen LogP contribution in [-0.2, 0) is 21.5 Å². The van der Waals surface area contributed by atoms with E-state index in [1.165, 1.54) is 0 Å². The van der Waals surface area contributed by atoms with Crippen molar-refractivity contribution in [1.82, 2.24) is 10.6 Å². The molecule has 4 rings (SSSR count). The van der Waals surface area contributed by atoms with E-state index in [-0.39, 0.29) is 29.7 Å². The molecule has 0 spiro atoms. The zero-order chi connectivity index (χ0) is 24.3. The Labute approximate surface area is 200 Å². The first-order valence-corrected chi connectivity index (χ1v) is 12.0. The Morgan fingerprint density at radius 1 is 1.15 bits per heavy atom. The molecule has 0 aliphatic carbocycles. The molecule has 2 heterocycles. The fraction of sp³-hybridized carbons (Fsp3) is 0.444. The second-order valence-electron chi connectivity index (χ2n) is 9.70. The number of ether oxygens (including phenoxy) is 1. The van der Waals surface area contributed by atoms with Crippen molar-refractivity contribution in [2.75, 3.05) is 18.1 Å². The van der Waals surface area contributed by atoms with Gasteiger partial charge in [-0.25, -0.2) is 0 Å². The van der Waals surface area contributed by atoms with E-state index < -0.39 is 6.04 Å². The normalized spacial score (nSPS) is 18.4. The maximum Gasteiger partial charge on any atom is 0.265 e. The van der Waals surface area contributed by atoms with Crippen LogP contribution in [0, 0.1) is 0 Å². The molecule has 1 unspecified atom stereocenters. The van der Waals surface area contributed by atoms with Gasteiger partial charge in [-0.1, -0.05) is 39.0 Å². The van der Waals surface area contributed by atoms with E-state index in [4.69, 9.17) is 4.74 Å². The molecule has 2 aromatic carbocycles. The Bertz CT molecular complexity index is 1080. The summed E-state index contributed by atoms with van der Waals surface area (Å²) in [5.74, 6) is 0.207. The smallest absolute Gasteiger partial charge is 0.265 e. The summed E-state index contributed by atoms with van der Waals surface area (Å²) in [7, 11) is 0. The van der Waals surface area contributed by atoms with Gasteiger partial charge >= 0.3 is 0 Å². The molecule has 1 atom stereocenters. The van der Waals surface area contributed by atoms with Gasteiger partial charge in [-0.3, -0.25) is 14.4 Å². The van der Waals surface area contributed by atoms with Crippen molar-refractivity contribution >= 4 is 23.4 Å². The van der Waals surface area contributed by atoms with E-state index in [9.17, 15) is 14.4 Å². The van der Waals surface area contributed by atoms with Gasteiger partial charge < -0.3 is 20.3 Å². The van der Waals surface area contributed by atoms with Crippen molar-refractivity contribution in [1.29, 1.82) is 0 Å². The Morgan fingerprint density at radius 3 is 2.65 bits per heavy atom. The number of anilines is 1. The highest BCUT2D eigenvalue weighted by molar-refractivity contribution is 5.99. The molecule has 34 heavy (non-hydrogen) atoms. The fourth-order valence-electron chi connectivity index (χ4n) is 4.26. The number of hydrogen-bond acceptors (Lipinski definition) is 4. The summed E-state index contributed by atoms with van der Waals surface area (Å²) in [6, 6.07) is 12.7. The minimum Gasteiger partial charge on any atom is -0.482 e. The van der Waals surface area contributed by atoms with Crippen LogP contribution in [0.25, 0.3) is 0 Å². The third kappa shape index (κ3) is 5.08. The topological polar surface area (TPSA) is 87.7 Å². The molecule has 2 aliphatic rings. The number of fused-ring (bicyclic) bond motifs is 1. The zero-order valence-corrected chi connectivity index (χ0v) is 20.1. The van der Waals surface area contributed by atoms with Crippen LogP contribution in [0.15, 0.2) is 42.5 Å². The molecule has 0 bridgehead atoms. The zero-order valence-electron chi connectivity index (χ0n) is 20.1. The van der Waals surface area contributed by atoms with Gasteiger partial charge in [0.15, 0.2) is 6.61 Å². The Kier molecular flexibility index (Phi) is 6.91. The van der Waals surface area contributed by atoms with Gasteiger partial charge in [0, 0.05) is 12.1 Å². The van der Waals surface area contributed by atoms with Gasteiger partial charge in [-0.2, -0.15) is 0 Å². The van der Waals surface area contributed by atoms with Crippen LogP contribution in [0.2, 0.25) is 0 Å². The quantitative estimate of drug-likeness (QED) is 0.684. The lowest BCUT2D eigenvalue weighted by Gasteiger charge is -2.32. The number of nitrogens with zero attached hydrogens (tertiary/aromatic N) is 1. The molecule has 7 heteroatoms. The summed E-state index contributed by atoms with van der Waals surface area (Å²) in [6.07, 6.45) is 3.44. The van der Waals surface area contributed by atoms with E-state index in [0.717, 1.165) is 36.1 Å². The lowest BCUT2D eigenvalue weighted by molar-refractivity contribution is -0.123. The summed E-state index contributed by atoms with van der Waals surface area (Å²) >= 11 is 0. The fourth-order valence-corrected chi connectivity index (χ4v) is 4.26. The van der Waals surface area contributed by atoms with E-state index in [1.807, 2.05) is 18.2 Å². The van der Waals surface area contributed by atoms with Gasteiger partial charge in [-0.05, 0) is 66.5 Å². The highest BCUT2D eigenvalue weighted by Crippen LogP contribution is 2.38. The average Bonchev–Trinajstić information content (AvgIpc) is 3.04. The monoisotopic (exact) mass is 463 g/mol. The van der Waals surface area contributed by atoms with Crippen molar-refractivity contribution in [2.24, 2.45) is 0 Å². The minimum absolute atomic E-state index is 0.00740. The summed E-state index contributed by atoms with van der Waals surface area (Å²) in [5.41, 5.74) is 3.32. The van der Waals surface area contributed by atoms with Gasteiger partial charge in [0.05, 0.1) is 12.2 Å². The van der Waals surface area contributed by atoms with Crippen LogP contribution in [-0.4, -0.2) is 36.9 Å². The summed E-state index contributed by atoms with van der Waals surface area (Å²) in [4.78, 5) is 39.3. The molecule has 0 saturated carbocycles. The van der Waals surface area contributed by atoms with Crippen molar-refractivity contribution in [3.05, 3.63) is 59.2 Å². The Hall–Kier alpha value is -3.35. The van der Waals surface area contributed by atoms with Gasteiger partial charge in [0.1, 0.15) is 11.8 Å². The molecule has 2 N–H and O–H groups in total. The second-order valence-corrected chi connectivity index (χ2v) is 9.70. The molecule has 0 aromatic heterocycles. The molecule has 1 saturated heterocycles. The molecule has 1 fully saturated rings. The maximum absolute atomic E-state index is 12.7. The van der Waals surface area contributed by atoms with Crippen LogP contribution >= 0.6 is 0 Å². The first-order valence-electron chi connectivity index (χ1n) is 12.0. The number of hydrogen-bond donors (Lipinski definition) is 2. The van der Waals surface area contributed by atoms with E-state index >= 15 is 0 Å². The molecule has 180 valence electrons. The summed E-state index contributed by atoms with van der Waals surface area (Å²) in [5, 5.41) is 5.67. The molecule has 0 radical (unpaired) electrons. The first kappa shape index (κ1) is 23.8. The predicted molar refractivity (Wildman–Crippen MR) is 131 cm³/mol. The highest BCUT2D eigenvalue weighted by atomic mass is 16.5. The summed E-state index contributed by atoms with van der Waals surface area (Å²) in [6.45, 7) is 7.57. The highest BCUT2D eigenvalue weighted by Gasteiger charge is 2.29. The number of benzene rings is 2. The van der Waals surface area contributed by atoms with Crippen LogP contribution in [0.5, 0.6) is 5.75 Å². The SMILES string of the molecule is CCC(C)(C)c1ccc2c(c1)N(Cc1ccc(C(=O)NC3CCCCNC3=O)cc1)C(=O)CO2. The predicted octanol–water partition coefficient (Wildman–Crippen LogP) is 3.70. The van der Waals surface area contributed by atoms with Crippen molar-refractivity contribution in [3.63, 3.8) is 0 Å². The average molecular weight is 464 g/mol. The standard InChI is InChI=1S/C27H33N3O4/c1-4-27(2,3)20-12-13-23-22(15-20)30(24(31)17-34-23)16-18-8-10-19(11-9-18)25(32)29-21-7-5-6-14-28-26(21)33/h8-13,15,21H,4-7,14,16-17H2,1-3H3,(H,28,33)(H,29,32). The van der Waals surface area contributed by atoms with Gasteiger partial charge in [-0.15, -0.1) is 0 Å². The number of carbonyl (C=O) groups is 3. The minimum atomic E-state index is -0.501.